The van der Waals surface area contributed by atoms with Crippen molar-refractivity contribution in [1.29, 1.82) is 0 Å². The zero-order valence-corrected chi connectivity index (χ0v) is 16.5. The second-order valence-corrected chi connectivity index (χ2v) is 6.88. The van der Waals surface area contributed by atoms with E-state index >= 15 is 0 Å². The third-order valence-corrected chi connectivity index (χ3v) is 4.82. The average molecular weight is 431 g/mol. The largest absolute Gasteiger partial charge is 0.488 e. The number of methoxy groups -OCH3 is 1. The van der Waals surface area contributed by atoms with Crippen LogP contribution in [0.15, 0.2) is 64.3 Å². The quantitative estimate of drug-likeness (QED) is 0.706. The SMILES string of the molecule is COC(=O)C1=C(C)NC(=O)NC1c1ccc(OCc2ccccc2)c(Br)c1. The lowest BCUT2D eigenvalue weighted by molar-refractivity contribution is -0.136. The summed E-state index contributed by atoms with van der Waals surface area (Å²) in [7, 11) is 1.31. The summed E-state index contributed by atoms with van der Waals surface area (Å²) in [6, 6.07) is 14.3. The summed E-state index contributed by atoms with van der Waals surface area (Å²) in [5.41, 5.74) is 2.63. The number of urea groups is 1. The monoisotopic (exact) mass is 430 g/mol. The van der Waals surface area contributed by atoms with Crippen molar-refractivity contribution in [3.63, 3.8) is 0 Å². The number of rotatable bonds is 5. The molecule has 140 valence electrons. The second kappa shape index (κ2) is 8.26. The van der Waals surface area contributed by atoms with Crippen LogP contribution in [-0.4, -0.2) is 19.1 Å². The summed E-state index contributed by atoms with van der Waals surface area (Å²) in [5.74, 6) is 0.175. The average Bonchev–Trinajstić information content (AvgIpc) is 2.66. The predicted octanol–water partition coefficient (Wildman–Crippen LogP) is 3.83. The lowest BCUT2D eigenvalue weighted by Gasteiger charge is -2.28. The predicted molar refractivity (Wildman–Crippen MR) is 104 cm³/mol. The highest BCUT2D eigenvalue weighted by Crippen LogP contribution is 2.33. The van der Waals surface area contributed by atoms with Gasteiger partial charge in [-0.25, -0.2) is 9.59 Å². The first-order valence-corrected chi connectivity index (χ1v) is 9.11. The number of nitrogens with one attached hydrogen (secondary N) is 2. The summed E-state index contributed by atoms with van der Waals surface area (Å²) < 4.78 is 11.4. The minimum absolute atomic E-state index is 0.363. The summed E-state index contributed by atoms with van der Waals surface area (Å²) >= 11 is 3.51. The van der Waals surface area contributed by atoms with Crippen LogP contribution < -0.4 is 15.4 Å². The van der Waals surface area contributed by atoms with Gasteiger partial charge >= 0.3 is 12.0 Å². The maximum Gasteiger partial charge on any atom is 0.337 e. The van der Waals surface area contributed by atoms with Crippen LogP contribution in [0.3, 0.4) is 0 Å². The molecule has 1 atom stereocenters. The summed E-state index contributed by atoms with van der Waals surface area (Å²) in [6.45, 7) is 2.11. The topological polar surface area (TPSA) is 76.7 Å². The highest BCUT2D eigenvalue weighted by molar-refractivity contribution is 9.10. The number of ether oxygens (including phenoxy) is 2. The Bertz CT molecular complexity index is 896. The van der Waals surface area contributed by atoms with Gasteiger partial charge in [-0.1, -0.05) is 36.4 Å². The van der Waals surface area contributed by atoms with E-state index in [9.17, 15) is 9.59 Å². The van der Waals surface area contributed by atoms with Gasteiger partial charge in [0.25, 0.3) is 0 Å². The van der Waals surface area contributed by atoms with E-state index in [1.807, 2.05) is 42.5 Å². The number of benzene rings is 2. The Morgan fingerprint density at radius 1 is 1.19 bits per heavy atom. The van der Waals surface area contributed by atoms with Gasteiger partial charge in [0.05, 0.1) is 23.2 Å². The first kappa shape index (κ1) is 19.0. The number of carbonyl (C=O) groups is 2. The molecule has 2 amide bonds. The lowest BCUT2D eigenvalue weighted by Crippen LogP contribution is -2.45. The van der Waals surface area contributed by atoms with Gasteiger partial charge < -0.3 is 20.1 Å². The molecule has 0 spiro atoms. The van der Waals surface area contributed by atoms with E-state index in [0.717, 1.165) is 15.6 Å². The van der Waals surface area contributed by atoms with E-state index in [4.69, 9.17) is 9.47 Å². The van der Waals surface area contributed by atoms with E-state index < -0.39 is 12.0 Å². The van der Waals surface area contributed by atoms with Crippen molar-refractivity contribution in [2.45, 2.75) is 19.6 Å². The van der Waals surface area contributed by atoms with Crippen molar-refractivity contribution in [2.75, 3.05) is 7.11 Å². The fourth-order valence-corrected chi connectivity index (χ4v) is 3.38. The van der Waals surface area contributed by atoms with Gasteiger partial charge in [0.15, 0.2) is 0 Å². The van der Waals surface area contributed by atoms with Crippen LogP contribution in [-0.2, 0) is 16.1 Å². The van der Waals surface area contributed by atoms with Crippen molar-refractivity contribution < 1.29 is 19.1 Å². The van der Waals surface area contributed by atoms with Crippen LogP contribution in [0.1, 0.15) is 24.1 Å². The number of hydrogen-bond acceptors (Lipinski definition) is 4. The third kappa shape index (κ3) is 4.31. The first-order valence-electron chi connectivity index (χ1n) is 8.32. The zero-order valence-electron chi connectivity index (χ0n) is 14.9. The van der Waals surface area contributed by atoms with Crippen molar-refractivity contribution in [3.05, 3.63) is 75.4 Å². The van der Waals surface area contributed by atoms with E-state index in [1.165, 1.54) is 7.11 Å². The van der Waals surface area contributed by atoms with Crippen molar-refractivity contribution in [2.24, 2.45) is 0 Å². The van der Waals surface area contributed by atoms with E-state index in [2.05, 4.69) is 26.6 Å². The van der Waals surface area contributed by atoms with Crippen molar-refractivity contribution in [3.8, 4) is 5.75 Å². The lowest BCUT2D eigenvalue weighted by atomic mass is 9.95. The maximum atomic E-state index is 12.2. The summed E-state index contributed by atoms with van der Waals surface area (Å²) in [5, 5.41) is 5.36. The minimum Gasteiger partial charge on any atom is -0.488 e. The molecule has 2 aromatic carbocycles. The molecule has 2 N–H and O–H groups in total. The molecule has 1 aliphatic rings. The fourth-order valence-electron chi connectivity index (χ4n) is 2.87. The van der Waals surface area contributed by atoms with E-state index in [0.29, 0.717) is 23.6 Å². The molecule has 0 bridgehead atoms. The Morgan fingerprint density at radius 2 is 1.93 bits per heavy atom. The van der Waals surface area contributed by atoms with Gasteiger partial charge in [0, 0.05) is 5.70 Å². The van der Waals surface area contributed by atoms with Gasteiger partial charge in [0.2, 0.25) is 0 Å². The fraction of sp³-hybridized carbons (Fsp3) is 0.200. The summed E-state index contributed by atoms with van der Waals surface area (Å²) in [6.07, 6.45) is 0. The zero-order chi connectivity index (χ0) is 19.4. The molecule has 1 unspecified atom stereocenters. The van der Waals surface area contributed by atoms with Crippen molar-refractivity contribution in [1.82, 2.24) is 10.6 Å². The molecule has 2 aromatic rings. The molecule has 0 aromatic heterocycles. The van der Waals surface area contributed by atoms with Gasteiger partial charge in [0.1, 0.15) is 12.4 Å². The number of allylic oxidation sites excluding steroid dienone is 1. The molecule has 0 radical (unpaired) electrons. The molecule has 0 saturated heterocycles. The summed E-state index contributed by atoms with van der Waals surface area (Å²) in [4.78, 5) is 24.1. The number of carbonyl (C=O) groups excluding carboxylic acids is 2. The van der Waals surface area contributed by atoms with Crippen LogP contribution in [0.4, 0.5) is 4.79 Å². The number of esters is 1. The van der Waals surface area contributed by atoms with Crippen LogP contribution in [0, 0.1) is 0 Å². The molecule has 1 heterocycles. The van der Waals surface area contributed by atoms with Gasteiger partial charge in [-0.2, -0.15) is 0 Å². The molecule has 7 heteroatoms. The Hall–Kier alpha value is -2.80. The van der Waals surface area contributed by atoms with Crippen LogP contribution in [0.5, 0.6) is 5.75 Å². The molecular weight excluding hydrogens is 412 g/mol. The molecular formula is C20H19BrN2O4. The van der Waals surface area contributed by atoms with Crippen LogP contribution in [0.25, 0.3) is 0 Å². The smallest absolute Gasteiger partial charge is 0.337 e. The second-order valence-electron chi connectivity index (χ2n) is 6.03. The normalized spacial score (nSPS) is 16.4. The van der Waals surface area contributed by atoms with E-state index in [-0.39, 0.29) is 6.03 Å². The number of hydrogen-bond donors (Lipinski definition) is 2. The molecule has 3 rings (SSSR count). The van der Waals surface area contributed by atoms with E-state index in [1.54, 1.807) is 13.0 Å². The Balaban J connectivity index is 1.84. The molecule has 0 saturated carbocycles. The molecule has 0 aliphatic carbocycles. The Labute approximate surface area is 165 Å². The van der Waals surface area contributed by atoms with Crippen LogP contribution in [0.2, 0.25) is 0 Å². The molecule has 0 fully saturated rings. The van der Waals surface area contributed by atoms with Gasteiger partial charge in [-0.15, -0.1) is 0 Å². The molecule has 6 nitrogen and oxygen atoms in total. The van der Waals surface area contributed by atoms with Gasteiger partial charge in [-0.05, 0) is 46.1 Å². The highest BCUT2D eigenvalue weighted by Gasteiger charge is 2.32. The standard InChI is InChI=1S/C20H19BrN2O4/c1-12-17(19(24)26-2)18(23-20(25)22-12)14-8-9-16(15(21)10-14)27-11-13-6-4-3-5-7-13/h3-10,18H,11H2,1-2H3,(H2,22,23,25). The van der Waals surface area contributed by atoms with Crippen LogP contribution >= 0.6 is 15.9 Å². The maximum absolute atomic E-state index is 12.2. The third-order valence-electron chi connectivity index (χ3n) is 4.20. The Kier molecular flexibility index (Phi) is 5.81. The highest BCUT2D eigenvalue weighted by atomic mass is 79.9. The minimum atomic E-state index is -0.606. The van der Waals surface area contributed by atoms with Crippen molar-refractivity contribution >= 4 is 27.9 Å². The number of halogens is 1. The first-order chi connectivity index (χ1) is 13.0. The van der Waals surface area contributed by atoms with Gasteiger partial charge in [-0.3, -0.25) is 0 Å². The number of amides is 2. The Morgan fingerprint density at radius 3 is 2.59 bits per heavy atom. The molecule has 27 heavy (non-hydrogen) atoms. The molecule has 1 aliphatic heterocycles.